The maximum atomic E-state index is 14.7. The van der Waals surface area contributed by atoms with Crippen molar-refractivity contribution in [2.24, 2.45) is 17.4 Å². The van der Waals surface area contributed by atoms with Gasteiger partial charge in [-0.1, -0.05) is 23.7 Å². The zero-order chi connectivity index (χ0) is 23.6. The molecule has 33 heavy (non-hydrogen) atoms. The second-order valence-corrected chi connectivity index (χ2v) is 10.5. The number of aromatic nitrogens is 2. The molecule has 1 aliphatic heterocycles. The van der Waals surface area contributed by atoms with E-state index in [0.717, 1.165) is 36.1 Å². The molecule has 7 nitrogen and oxygen atoms in total. The monoisotopic (exact) mass is 514 g/mol. The van der Waals surface area contributed by atoms with Crippen LogP contribution in [0, 0.1) is 17.6 Å². The Labute approximate surface area is 198 Å². The van der Waals surface area contributed by atoms with Gasteiger partial charge in [-0.25, -0.2) is 8.78 Å². The lowest BCUT2D eigenvalue weighted by Crippen LogP contribution is -2.38. The van der Waals surface area contributed by atoms with Crippen molar-refractivity contribution < 1.29 is 21.9 Å². The quantitative estimate of drug-likeness (QED) is 0.544. The Balaban J connectivity index is 1.54. The van der Waals surface area contributed by atoms with E-state index in [1.807, 2.05) is 24.3 Å². The molecule has 0 saturated carbocycles. The van der Waals surface area contributed by atoms with Crippen molar-refractivity contribution in [2.45, 2.75) is 17.2 Å². The van der Waals surface area contributed by atoms with Crippen LogP contribution in [0.5, 0.6) is 5.75 Å². The van der Waals surface area contributed by atoms with Crippen molar-refractivity contribution in [3.63, 3.8) is 0 Å². The first-order chi connectivity index (χ1) is 15.7. The normalized spacial score (nSPS) is 19.6. The topological polar surface area (TPSA) is 85.6 Å². The zero-order valence-corrected chi connectivity index (χ0v) is 19.9. The number of nitrogens with zero attached hydrogens (tertiary/aromatic N) is 3. The number of piperidine rings is 1. The van der Waals surface area contributed by atoms with Crippen LogP contribution in [0.15, 0.2) is 52.0 Å². The summed E-state index contributed by atoms with van der Waals surface area (Å²) in [4.78, 5) is -0.827. The molecule has 1 fully saturated rings. The van der Waals surface area contributed by atoms with Crippen LogP contribution >= 0.6 is 23.1 Å². The lowest BCUT2D eigenvalue weighted by Gasteiger charge is -2.32. The average Bonchev–Trinajstić information content (AvgIpc) is 3.18. The summed E-state index contributed by atoms with van der Waals surface area (Å²) in [6.45, 7) is 1.61. The third-order valence-corrected chi connectivity index (χ3v) is 7.87. The molecule has 2 atom stereocenters. The number of halogens is 3. The maximum absolute atomic E-state index is 14.7. The highest BCUT2D eigenvalue weighted by Crippen LogP contribution is 2.33. The predicted molar refractivity (Wildman–Crippen MR) is 121 cm³/mol. The Hall–Kier alpha value is -2.34. The highest BCUT2D eigenvalue weighted by Gasteiger charge is 2.28. The van der Waals surface area contributed by atoms with Gasteiger partial charge in [-0.2, -0.15) is 12.8 Å². The maximum Gasteiger partial charge on any atom is 0.288 e. The van der Waals surface area contributed by atoms with Crippen LogP contribution in [0.4, 0.5) is 8.78 Å². The zero-order valence-electron chi connectivity index (χ0n) is 17.5. The SMILES string of the molecule is Cn1cns/c1=N/S(=O)(=O)c1cc(F)c(OC[C@@H]2CNCC[C@H]2c2ccc(Cl)cc2)cc1F. The van der Waals surface area contributed by atoms with Gasteiger partial charge in [0.1, 0.15) is 17.0 Å². The van der Waals surface area contributed by atoms with Gasteiger partial charge in [0.15, 0.2) is 11.6 Å². The fourth-order valence-corrected chi connectivity index (χ4v) is 5.75. The van der Waals surface area contributed by atoms with Gasteiger partial charge in [0.05, 0.1) is 6.61 Å². The van der Waals surface area contributed by atoms with Crippen molar-refractivity contribution in [3.8, 4) is 5.75 Å². The van der Waals surface area contributed by atoms with Gasteiger partial charge in [0.25, 0.3) is 10.0 Å². The molecule has 1 N–H and O–H groups in total. The first-order valence-corrected chi connectivity index (χ1v) is 12.7. The molecule has 2 heterocycles. The Morgan fingerprint density at radius 3 is 2.73 bits per heavy atom. The van der Waals surface area contributed by atoms with E-state index < -0.39 is 26.6 Å². The molecule has 0 radical (unpaired) electrons. The van der Waals surface area contributed by atoms with E-state index in [4.69, 9.17) is 16.3 Å². The summed E-state index contributed by atoms with van der Waals surface area (Å²) in [5.41, 5.74) is 1.10. The second kappa shape index (κ2) is 9.88. The average molecular weight is 515 g/mol. The summed E-state index contributed by atoms with van der Waals surface area (Å²) < 4.78 is 68.7. The number of ether oxygens (including phenoxy) is 1. The lowest BCUT2D eigenvalue weighted by molar-refractivity contribution is 0.190. The standard InChI is InChI=1S/C21H21ClF2N4O3S2/c1-28-12-26-32-21(28)27-33(29,30)20-9-17(23)19(8-18(20)24)31-11-14-10-25-7-6-16(14)13-2-4-15(22)5-3-13/h2-5,8-9,12,14,16,25H,6-7,10-11H2,1H3/b27-21+/t14-,16-/m0/s1. The van der Waals surface area contributed by atoms with Gasteiger partial charge in [-0.3, -0.25) is 0 Å². The van der Waals surface area contributed by atoms with Crippen LogP contribution in [0.3, 0.4) is 0 Å². The molecular weight excluding hydrogens is 494 g/mol. The Kier molecular flexibility index (Phi) is 7.13. The molecule has 2 aromatic carbocycles. The van der Waals surface area contributed by atoms with Crippen molar-refractivity contribution in [3.05, 3.63) is 69.7 Å². The second-order valence-electron chi connectivity index (χ2n) is 7.71. The number of aryl methyl sites for hydroxylation is 1. The molecule has 176 valence electrons. The molecule has 1 aromatic heterocycles. The van der Waals surface area contributed by atoms with E-state index in [1.165, 1.54) is 10.9 Å². The number of hydrogen-bond acceptors (Lipinski definition) is 6. The highest BCUT2D eigenvalue weighted by molar-refractivity contribution is 7.90. The Morgan fingerprint density at radius 1 is 1.27 bits per heavy atom. The first kappa shape index (κ1) is 23.8. The van der Waals surface area contributed by atoms with Gasteiger partial charge < -0.3 is 14.6 Å². The van der Waals surface area contributed by atoms with Crippen LogP contribution in [0.25, 0.3) is 0 Å². The summed E-state index contributed by atoms with van der Waals surface area (Å²) in [7, 11) is -2.93. The molecular formula is C21H21ClF2N4O3S2. The van der Waals surface area contributed by atoms with Crippen LogP contribution in [0.2, 0.25) is 5.02 Å². The third-order valence-electron chi connectivity index (χ3n) is 5.48. The number of nitrogens with one attached hydrogen (secondary N) is 1. The minimum Gasteiger partial charge on any atom is -0.490 e. The summed E-state index contributed by atoms with van der Waals surface area (Å²) in [5, 5.41) is 3.93. The fraction of sp³-hybridized carbons (Fsp3) is 0.333. The van der Waals surface area contributed by atoms with Crippen LogP contribution < -0.4 is 14.9 Å². The molecule has 4 rings (SSSR count). The molecule has 0 bridgehead atoms. The van der Waals surface area contributed by atoms with E-state index in [0.29, 0.717) is 17.6 Å². The Morgan fingerprint density at radius 2 is 2.03 bits per heavy atom. The molecule has 0 spiro atoms. The molecule has 0 amide bonds. The largest absolute Gasteiger partial charge is 0.490 e. The van der Waals surface area contributed by atoms with Crippen molar-refractivity contribution in [1.82, 2.24) is 14.3 Å². The Bertz CT molecular complexity index is 1310. The molecule has 0 aliphatic carbocycles. The molecule has 12 heteroatoms. The molecule has 1 saturated heterocycles. The summed E-state index contributed by atoms with van der Waals surface area (Å²) in [6, 6.07) is 8.90. The fourth-order valence-electron chi connectivity index (χ4n) is 3.75. The minimum atomic E-state index is -4.48. The highest BCUT2D eigenvalue weighted by atomic mass is 35.5. The van der Waals surface area contributed by atoms with Gasteiger partial charge in [0.2, 0.25) is 4.80 Å². The first-order valence-electron chi connectivity index (χ1n) is 10.1. The predicted octanol–water partition coefficient (Wildman–Crippen LogP) is 3.47. The van der Waals surface area contributed by atoms with Crippen LogP contribution in [-0.4, -0.2) is 37.1 Å². The van der Waals surface area contributed by atoms with E-state index >= 15 is 0 Å². The molecule has 0 unspecified atom stereocenters. The van der Waals surface area contributed by atoms with Gasteiger partial charge >= 0.3 is 0 Å². The number of benzene rings is 2. The third kappa shape index (κ3) is 5.43. The van der Waals surface area contributed by atoms with E-state index in [-0.39, 0.29) is 29.0 Å². The van der Waals surface area contributed by atoms with Crippen LogP contribution in [-0.2, 0) is 17.1 Å². The smallest absolute Gasteiger partial charge is 0.288 e. The lowest BCUT2D eigenvalue weighted by atomic mass is 9.81. The van der Waals surface area contributed by atoms with Crippen molar-refractivity contribution >= 4 is 33.2 Å². The number of hydrogen-bond donors (Lipinski definition) is 1. The number of rotatable bonds is 6. The van der Waals surface area contributed by atoms with Crippen LogP contribution in [0.1, 0.15) is 17.9 Å². The van der Waals surface area contributed by atoms with Crippen molar-refractivity contribution in [2.75, 3.05) is 19.7 Å². The summed E-state index contributed by atoms with van der Waals surface area (Å²) in [6.07, 6.45) is 2.23. The minimum absolute atomic E-state index is 0.00660. The summed E-state index contributed by atoms with van der Waals surface area (Å²) >= 11 is 6.81. The van der Waals surface area contributed by atoms with Crippen molar-refractivity contribution in [1.29, 1.82) is 0 Å². The van der Waals surface area contributed by atoms with E-state index in [2.05, 4.69) is 14.1 Å². The van der Waals surface area contributed by atoms with Gasteiger partial charge in [0, 0.05) is 48.2 Å². The summed E-state index contributed by atoms with van der Waals surface area (Å²) in [5.74, 6) is -2.30. The van der Waals surface area contributed by atoms with E-state index in [9.17, 15) is 17.2 Å². The van der Waals surface area contributed by atoms with E-state index in [1.54, 1.807) is 7.05 Å². The molecule has 1 aliphatic rings. The molecule has 3 aromatic rings. The number of sulfonamides is 1. The van der Waals surface area contributed by atoms with Gasteiger partial charge in [-0.15, -0.1) is 4.40 Å². The van der Waals surface area contributed by atoms with Gasteiger partial charge in [-0.05, 0) is 36.6 Å².